The Morgan fingerprint density at radius 3 is 2.45 bits per heavy atom. The van der Waals surface area contributed by atoms with Crippen LogP contribution in [0.15, 0.2) is 53.3 Å². The van der Waals surface area contributed by atoms with Crippen LogP contribution in [0, 0.1) is 12.7 Å². The Balaban J connectivity index is 1.96. The van der Waals surface area contributed by atoms with Crippen molar-refractivity contribution in [2.24, 2.45) is 0 Å². The highest BCUT2D eigenvalue weighted by atomic mass is 19.1. The molecule has 162 valence electrons. The standard InChI is InChI=1S/C23H24FN3O4/c1-5-26(14-16-10-11-20(30-3)21(13-16)31-4)23(29)22-19(28)12-15(2)27(25-22)18-9-7-6-8-17(18)24/h6-13H,5,14H2,1-4H3. The number of nitrogens with zero attached hydrogens (tertiary/aromatic N) is 3. The molecule has 0 bridgehead atoms. The molecular formula is C23H24FN3O4. The van der Waals surface area contributed by atoms with E-state index in [9.17, 15) is 14.0 Å². The minimum atomic E-state index is -0.535. The number of ether oxygens (including phenoxy) is 2. The lowest BCUT2D eigenvalue weighted by Gasteiger charge is -2.21. The van der Waals surface area contributed by atoms with Crippen molar-refractivity contribution in [3.63, 3.8) is 0 Å². The maximum absolute atomic E-state index is 14.3. The van der Waals surface area contributed by atoms with Crippen molar-refractivity contribution in [1.29, 1.82) is 0 Å². The van der Waals surface area contributed by atoms with Gasteiger partial charge in [0.2, 0.25) is 5.43 Å². The van der Waals surface area contributed by atoms with Crippen LogP contribution in [0.2, 0.25) is 0 Å². The first-order valence-electron chi connectivity index (χ1n) is 9.75. The third kappa shape index (κ3) is 4.58. The predicted molar refractivity (Wildman–Crippen MR) is 114 cm³/mol. The van der Waals surface area contributed by atoms with Gasteiger partial charge < -0.3 is 14.4 Å². The number of para-hydroxylation sites is 1. The molecule has 0 radical (unpaired) electrons. The molecule has 8 heteroatoms. The normalized spacial score (nSPS) is 10.6. The molecule has 0 atom stereocenters. The molecule has 0 spiro atoms. The molecule has 2 aromatic carbocycles. The number of hydrogen-bond acceptors (Lipinski definition) is 5. The van der Waals surface area contributed by atoms with Crippen LogP contribution in [0.3, 0.4) is 0 Å². The van der Waals surface area contributed by atoms with Crippen LogP contribution in [0.1, 0.15) is 28.7 Å². The van der Waals surface area contributed by atoms with Crippen molar-refractivity contribution >= 4 is 5.91 Å². The van der Waals surface area contributed by atoms with Crippen LogP contribution < -0.4 is 14.9 Å². The van der Waals surface area contributed by atoms with Gasteiger partial charge in [0.15, 0.2) is 17.2 Å². The number of benzene rings is 2. The fraction of sp³-hybridized carbons (Fsp3) is 0.261. The lowest BCUT2D eigenvalue weighted by atomic mass is 10.1. The third-order valence-electron chi connectivity index (χ3n) is 4.88. The maximum Gasteiger partial charge on any atom is 0.278 e. The van der Waals surface area contributed by atoms with Crippen molar-refractivity contribution in [3.05, 3.63) is 81.5 Å². The van der Waals surface area contributed by atoms with E-state index in [2.05, 4.69) is 5.10 Å². The maximum atomic E-state index is 14.3. The van der Waals surface area contributed by atoms with Crippen LogP contribution in [0.4, 0.5) is 4.39 Å². The van der Waals surface area contributed by atoms with E-state index in [0.29, 0.717) is 23.7 Å². The van der Waals surface area contributed by atoms with E-state index in [1.165, 1.54) is 34.9 Å². The molecule has 0 fully saturated rings. The summed E-state index contributed by atoms with van der Waals surface area (Å²) in [5.41, 5.74) is 0.609. The fourth-order valence-corrected chi connectivity index (χ4v) is 3.24. The van der Waals surface area contributed by atoms with Gasteiger partial charge in [-0.15, -0.1) is 0 Å². The number of rotatable bonds is 7. The molecule has 0 aliphatic carbocycles. The van der Waals surface area contributed by atoms with Gasteiger partial charge in [0.25, 0.3) is 5.91 Å². The van der Waals surface area contributed by atoms with Gasteiger partial charge in [0.1, 0.15) is 11.5 Å². The summed E-state index contributed by atoms with van der Waals surface area (Å²) in [7, 11) is 3.08. The van der Waals surface area contributed by atoms with E-state index in [4.69, 9.17) is 9.47 Å². The molecule has 31 heavy (non-hydrogen) atoms. The Kier molecular flexibility index (Phi) is 6.69. The van der Waals surface area contributed by atoms with E-state index < -0.39 is 17.2 Å². The Hall–Kier alpha value is -3.68. The molecule has 3 rings (SSSR count). The van der Waals surface area contributed by atoms with Crippen LogP contribution >= 0.6 is 0 Å². The highest BCUT2D eigenvalue weighted by molar-refractivity contribution is 5.92. The second kappa shape index (κ2) is 9.42. The Morgan fingerprint density at radius 1 is 1.10 bits per heavy atom. The summed E-state index contributed by atoms with van der Waals surface area (Å²) in [6.07, 6.45) is 0. The molecule has 7 nitrogen and oxygen atoms in total. The molecule has 0 saturated carbocycles. The highest BCUT2D eigenvalue weighted by Gasteiger charge is 2.22. The summed E-state index contributed by atoms with van der Waals surface area (Å²) >= 11 is 0. The third-order valence-corrected chi connectivity index (χ3v) is 4.88. The number of methoxy groups -OCH3 is 2. The van der Waals surface area contributed by atoms with Gasteiger partial charge >= 0.3 is 0 Å². The number of aromatic nitrogens is 2. The predicted octanol–water partition coefficient (Wildman–Crippen LogP) is 3.36. The number of aryl methyl sites for hydroxylation is 1. The van der Waals surface area contributed by atoms with Crippen LogP contribution in [0.25, 0.3) is 5.69 Å². The summed E-state index contributed by atoms with van der Waals surface area (Å²) in [5, 5.41) is 4.20. The van der Waals surface area contributed by atoms with Crippen molar-refractivity contribution < 1.29 is 18.7 Å². The summed E-state index contributed by atoms with van der Waals surface area (Å²) in [6.45, 7) is 4.03. The van der Waals surface area contributed by atoms with Gasteiger partial charge in [-0.05, 0) is 43.7 Å². The van der Waals surface area contributed by atoms with Crippen LogP contribution in [-0.4, -0.2) is 41.4 Å². The van der Waals surface area contributed by atoms with Crippen molar-refractivity contribution in [2.45, 2.75) is 20.4 Å². The van der Waals surface area contributed by atoms with E-state index in [0.717, 1.165) is 5.56 Å². The monoisotopic (exact) mass is 425 g/mol. The Labute approximate surface area is 179 Å². The van der Waals surface area contributed by atoms with Crippen molar-refractivity contribution in [2.75, 3.05) is 20.8 Å². The molecule has 0 N–H and O–H groups in total. The minimum absolute atomic E-state index is 0.164. The van der Waals surface area contributed by atoms with Crippen LogP contribution in [-0.2, 0) is 6.54 Å². The zero-order valence-corrected chi connectivity index (χ0v) is 17.9. The average molecular weight is 425 g/mol. The van der Waals surface area contributed by atoms with Gasteiger partial charge in [-0.3, -0.25) is 9.59 Å². The molecule has 1 amide bonds. The molecule has 1 aromatic heterocycles. The number of amides is 1. The SMILES string of the molecule is CCN(Cc1ccc(OC)c(OC)c1)C(=O)c1nn(-c2ccccc2F)c(C)cc1=O. The van der Waals surface area contributed by atoms with E-state index >= 15 is 0 Å². The summed E-state index contributed by atoms with van der Waals surface area (Å²) in [4.78, 5) is 27.2. The first-order chi connectivity index (χ1) is 14.9. The Bertz CT molecular complexity index is 1160. The summed E-state index contributed by atoms with van der Waals surface area (Å²) < 4.78 is 26.1. The average Bonchev–Trinajstić information content (AvgIpc) is 2.77. The van der Waals surface area contributed by atoms with Gasteiger partial charge in [0.05, 0.1) is 14.2 Å². The summed E-state index contributed by atoms with van der Waals surface area (Å²) in [5.74, 6) is 0.0812. The molecule has 0 unspecified atom stereocenters. The lowest BCUT2D eigenvalue weighted by Crippen LogP contribution is -2.36. The van der Waals surface area contributed by atoms with Gasteiger partial charge in [-0.2, -0.15) is 5.10 Å². The topological polar surface area (TPSA) is 73.7 Å². The lowest BCUT2D eigenvalue weighted by molar-refractivity contribution is 0.0743. The van der Waals surface area contributed by atoms with Gasteiger partial charge in [-0.25, -0.2) is 9.07 Å². The van der Waals surface area contributed by atoms with E-state index in [-0.39, 0.29) is 17.9 Å². The number of halogens is 1. The quantitative estimate of drug-likeness (QED) is 0.580. The smallest absolute Gasteiger partial charge is 0.278 e. The molecular weight excluding hydrogens is 401 g/mol. The molecule has 0 aliphatic rings. The zero-order chi connectivity index (χ0) is 22.5. The molecule has 0 saturated heterocycles. The molecule has 1 heterocycles. The number of carbonyl (C=O) groups is 1. The van der Waals surface area contributed by atoms with Crippen molar-refractivity contribution in [3.8, 4) is 17.2 Å². The second-order valence-corrected chi connectivity index (χ2v) is 6.87. The molecule has 0 aliphatic heterocycles. The van der Waals surface area contributed by atoms with E-state index in [1.807, 2.05) is 13.0 Å². The number of hydrogen-bond donors (Lipinski definition) is 0. The zero-order valence-electron chi connectivity index (χ0n) is 17.9. The molecule has 3 aromatic rings. The minimum Gasteiger partial charge on any atom is -0.493 e. The van der Waals surface area contributed by atoms with Crippen LogP contribution in [0.5, 0.6) is 11.5 Å². The van der Waals surface area contributed by atoms with Gasteiger partial charge in [0, 0.05) is 24.8 Å². The van der Waals surface area contributed by atoms with E-state index in [1.54, 1.807) is 38.3 Å². The first-order valence-corrected chi connectivity index (χ1v) is 9.75. The number of carbonyl (C=O) groups excluding carboxylic acids is 1. The van der Waals surface area contributed by atoms with Crippen molar-refractivity contribution in [1.82, 2.24) is 14.7 Å². The Morgan fingerprint density at radius 2 is 1.81 bits per heavy atom. The second-order valence-electron chi connectivity index (χ2n) is 6.87. The fourth-order valence-electron chi connectivity index (χ4n) is 3.24. The highest BCUT2D eigenvalue weighted by Crippen LogP contribution is 2.28. The van der Waals surface area contributed by atoms with Gasteiger partial charge in [-0.1, -0.05) is 18.2 Å². The first kappa shape index (κ1) is 22.0. The largest absolute Gasteiger partial charge is 0.493 e. The summed E-state index contributed by atoms with van der Waals surface area (Å²) in [6, 6.07) is 12.7.